The molecule has 1 aromatic rings. The van der Waals surface area contributed by atoms with Crippen LogP contribution in [0, 0.1) is 11.8 Å². The molecule has 0 spiro atoms. The number of carbonyl (C=O) groups excluding carboxylic acids is 2. The van der Waals surface area contributed by atoms with Crippen molar-refractivity contribution in [2.24, 2.45) is 11.8 Å². The number of pyridine rings is 1. The monoisotopic (exact) mass is 471 g/mol. The van der Waals surface area contributed by atoms with E-state index >= 15 is 0 Å². The van der Waals surface area contributed by atoms with Gasteiger partial charge in [0, 0.05) is 55.4 Å². The number of rotatable bonds is 7. The van der Waals surface area contributed by atoms with Gasteiger partial charge in [-0.25, -0.2) is 4.79 Å². The Balaban J connectivity index is 1.64. The summed E-state index contributed by atoms with van der Waals surface area (Å²) >= 11 is 0. The molecule has 0 bridgehead atoms. The van der Waals surface area contributed by atoms with Crippen LogP contribution in [0.15, 0.2) is 23.0 Å². The van der Waals surface area contributed by atoms with Crippen LogP contribution in [-0.2, 0) is 11.3 Å². The second kappa shape index (κ2) is 10.3. The molecule has 9 nitrogen and oxygen atoms in total. The maximum atomic E-state index is 13.4. The number of nitrogens with zero attached hydrogens (tertiary/aromatic N) is 3. The summed E-state index contributed by atoms with van der Waals surface area (Å²) in [5.74, 6) is -0.920. The van der Waals surface area contributed by atoms with Gasteiger partial charge in [0.2, 0.25) is 5.91 Å². The first-order valence-electron chi connectivity index (χ1n) is 12.4. The molecule has 4 rings (SSSR count). The highest BCUT2D eigenvalue weighted by Gasteiger charge is 2.57. The Morgan fingerprint density at radius 3 is 2.62 bits per heavy atom. The fraction of sp³-hybridized carbons (Fsp3) is 0.640. The van der Waals surface area contributed by atoms with Gasteiger partial charge in [-0.15, -0.1) is 0 Å². The van der Waals surface area contributed by atoms with Crippen LogP contribution in [0.25, 0.3) is 6.08 Å². The molecular formula is C25H37N5O4. The van der Waals surface area contributed by atoms with E-state index in [0.717, 1.165) is 19.6 Å². The molecule has 34 heavy (non-hydrogen) atoms. The predicted molar refractivity (Wildman–Crippen MR) is 130 cm³/mol. The van der Waals surface area contributed by atoms with E-state index in [0.29, 0.717) is 24.3 Å². The van der Waals surface area contributed by atoms with Crippen LogP contribution in [0.5, 0.6) is 0 Å². The SMILES string of the molecule is C/C=C\c1ccc2n(c1=O)C[C@@H]1[C@@H](CO)[C@H](C(=O)NCCN3CCCC3)N(C(=O)NC(C)C)[C@H]21. The summed E-state index contributed by atoms with van der Waals surface area (Å²) in [5, 5.41) is 16.3. The zero-order chi connectivity index (χ0) is 24.4. The molecule has 0 radical (unpaired) electrons. The highest BCUT2D eigenvalue weighted by molar-refractivity contribution is 5.88. The maximum Gasteiger partial charge on any atom is 0.318 e. The lowest BCUT2D eigenvalue weighted by Crippen LogP contribution is -2.54. The Hall–Kier alpha value is -2.65. The van der Waals surface area contributed by atoms with Crippen LogP contribution in [0.4, 0.5) is 4.79 Å². The molecule has 3 amide bonds. The molecule has 3 aliphatic rings. The average molecular weight is 472 g/mol. The van der Waals surface area contributed by atoms with Gasteiger partial charge in [0.05, 0.1) is 6.04 Å². The minimum Gasteiger partial charge on any atom is -0.396 e. The van der Waals surface area contributed by atoms with Crippen molar-refractivity contribution < 1.29 is 14.7 Å². The first kappa shape index (κ1) is 24.5. The van der Waals surface area contributed by atoms with E-state index in [1.54, 1.807) is 21.6 Å². The van der Waals surface area contributed by atoms with Gasteiger partial charge in [-0.05, 0) is 58.8 Å². The number of fused-ring (bicyclic) bond motifs is 3. The number of hydrogen-bond acceptors (Lipinski definition) is 5. The van der Waals surface area contributed by atoms with Crippen molar-refractivity contribution in [3.8, 4) is 0 Å². The highest BCUT2D eigenvalue weighted by atomic mass is 16.3. The van der Waals surface area contributed by atoms with Crippen molar-refractivity contribution in [3.05, 3.63) is 39.8 Å². The number of amides is 3. The number of aliphatic hydroxyl groups excluding tert-OH is 1. The summed E-state index contributed by atoms with van der Waals surface area (Å²) in [6, 6.07) is 1.94. The van der Waals surface area contributed by atoms with E-state index in [4.69, 9.17) is 0 Å². The number of aliphatic hydroxyl groups is 1. The summed E-state index contributed by atoms with van der Waals surface area (Å²) < 4.78 is 1.70. The summed E-state index contributed by atoms with van der Waals surface area (Å²) in [5.41, 5.74) is 1.19. The number of hydrogen-bond donors (Lipinski definition) is 3. The molecule has 9 heteroatoms. The lowest BCUT2D eigenvalue weighted by Gasteiger charge is -2.32. The zero-order valence-corrected chi connectivity index (χ0v) is 20.4. The molecule has 0 aromatic carbocycles. The molecule has 2 saturated heterocycles. The van der Waals surface area contributed by atoms with E-state index in [9.17, 15) is 19.5 Å². The van der Waals surface area contributed by atoms with Crippen LogP contribution < -0.4 is 16.2 Å². The van der Waals surface area contributed by atoms with Crippen molar-refractivity contribution in [2.75, 3.05) is 32.8 Å². The molecule has 4 atom stereocenters. The van der Waals surface area contributed by atoms with E-state index in [-0.39, 0.29) is 36.1 Å². The maximum absolute atomic E-state index is 13.4. The Morgan fingerprint density at radius 1 is 1.24 bits per heavy atom. The van der Waals surface area contributed by atoms with Gasteiger partial charge in [-0.2, -0.15) is 0 Å². The zero-order valence-electron chi connectivity index (χ0n) is 20.4. The molecule has 4 heterocycles. The molecule has 3 aliphatic heterocycles. The van der Waals surface area contributed by atoms with Crippen molar-refractivity contribution >= 4 is 18.0 Å². The molecular weight excluding hydrogens is 434 g/mol. The molecule has 3 N–H and O–H groups in total. The average Bonchev–Trinajstić information content (AvgIpc) is 3.50. The Kier molecular flexibility index (Phi) is 7.42. The normalized spacial score (nSPS) is 26.3. The lowest BCUT2D eigenvalue weighted by atomic mass is 9.88. The van der Waals surface area contributed by atoms with Gasteiger partial charge in [0.1, 0.15) is 6.04 Å². The Bertz CT molecular complexity index is 998. The molecule has 2 fully saturated rings. The number of likely N-dealkylation sites (tertiary alicyclic amines) is 2. The third kappa shape index (κ3) is 4.51. The second-order valence-corrected chi connectivity index (χ2v) is 9.88. The third-order valence-electron chi connectivity index (χ3n) is 7.29. The van der Waals surface area contributed by atoms with E-state index in [1.165, 1.54) is 12.8 Å². The van der Waals surface area contributed by atoms with Gasteiger partial charge in [-0.3, -0.25) is 9.59 Å². The Morgan fingerprint density at radius 2 is 1.97 bits per heavy atom. The van der Waals surface area contributed by atoms with E-state index in [1.807, 2.05) is 32.9 Å². The summed E-state index contributed by atoms with van der Waals surface area (Å²) in [4.78, 5) is 43.7. The van der Waals surface area contributed by atoms with Crippen molar-refractivity contribution in [2.45, 2.75) is 58.3 Å². The van der Waals surface area contributed by atoms with Crippen LogP contribution in [0.2, 0.25) is 0 Å². The minimum absolute atomic E-state index is 0.112. The van der Waals surface area contributed by atoms with Gasteiger partial charge in [0.15, 0.2) is 0 Å². The molecule has 0 unspecified atom stereocenters. The first-order chi connectivity index (χ1) is 16.4. The highest BCUT2D eigenvalue weighted by Crippen LogP contribution is 2.49. The summed E-state index contributed by atoms with van der Waals surface area (Å²) in [6.07, 6.45) is 5.96. The fourth-order valence-corrected chi connectivity index (χ4v) is 5.80. The Labute approximate surface area is 200 Å². The summed E-state index contributed by atoms with van der Waals surface area (Å²) in [7, 11) is 0. The number of carbonyl (C=O) groups is 2. The van der Waals surface area contributed by atoms with Gasteiger partial charge in [-0.1, -0.05) is 12.2 Å². The van der Waals surface area contributed by atoms with Crippen molar-refractivity contribution in [1.29, 1.82) is 0 Å². The lowest BCUT2D eigenvalue weighted by molar-refractivity contribution is -0.126. The first-order valence-corrected chi connectivity index (χ1v) is 12.4. The largest absolute Gasteiger partial charge is 0.396 e. The molecule has 0 aliphatic carbocycles. The van der Waals surface area contributed by atoms with Crippen LogP contribution in [0.1, 0.15) is 50.9 Å². The van der Waals surface area contributed by atoms with E-state index < -0.39 is 18.0 Å². The number of nitrogens with one attached hydrogen (secondary N) is 2. The molecule has 1 aromatic heterocycles. The van der Waals surface area contributed by atoms with Crippen LogP contribution in [0.3, 0.4) is 0 Å². The number of aromatic nitrogens is 1. The van der Waals surface area contributed by atoms with Crippen LogP contribution in [-0.4, -0.2) is 76.3 Å². The minimum atomic E-state index is -0.795. The van der Waals surface area contributed by atoms with Gasteiger partial charge in [0.25, 0.3) is 5.56 Å². The quantitative estimate of drug-likeness (QED) is 0.554. The predicted octanol–water partition coefficient (Wildman–Crippen LogP) is 1.18. The topological polar surface area (TPSA) is 107 Å². The van der Waals surface area contributed by atoms with Crippen molar-refractivity contribution in [1.82, 2.24) is 25.0 Å². The van der Waals surface area contributed by atoms with Gasteiger partial charge >= 0.3 is 6.03 Å². The molecule has 0 saturated carbocycles. The number of allylic oxidation sites excluding steroid dienone is 1. The van der Waals surface area contributed by atoms with Gasteiger partial charge < -0.3 is 30.1 Å². The van der Waals surface area contributed by atoms with Crippen LogP contribution >= 0.6 is 0 Å². The standard InChI is InChI=1S/C25H37N5O4/c1-4-7-17-8-9-20-21-18(14-29(20)24(17)33)19(15-31)22(30(21)25(34)27-16(2)3)23(32)26-10-13-28-11-5-6-12-28/h4,7-9,16,18-19,21-22,31H,5-6,10-15H2,1-3H3,(H,26,32)(H,27,34)/b7-4-/t18-,19-,21+,22-/m1/s1. The molecule has 186 valence electrons. The third-order valence-corrected chi connectivity index (χ3v) is 7.29. The summed E-state index contributed by atoms with van der Waals surface area (Å²) in [6.45, 7) is 9.12. The number of urea groups is 1. The fourth-order valence-electron chi connectivity index (χ4n) is 5.80. The smallest absolute Gasteiger partial charge is 0.318 e. The van der Waals surface area contributed by atoms with Crippen molar-refractivity contribution in [3.63, 3.8) is 0 Å². The van der Waals surface area contributed by atoms with E-state index in [2.05, 4.69) is 15.5 Å². The second-order valence-electron chi connectivity index (χ2n) is 9.88.